The van der Waals surface area contributed by atoms with Gasteiger partial charge in [0.05, 0.1) is 6.61 Å². The maximum absolute atomic E-state index is 8.00. The van der Waals surface area contributed by atoms with Gasteiger partial charge in [-0.25, -0.2) is 0 Å². The van der Waals surface area contributed by atoms with E-state index in [0.717, 1.165) is 24.7 Å². The molecular weight excluding hydrogens is 252 g/mol. The van der Waals surface area contributed by atoms with Gasteiger partial charge in [0.1, 0.15) is 19.3 Å². The van der Waals surface area contributed by atoms with Crippen LogP contribution < -0.4 is 4.74 Å². The zero-order chi connectivity index (χ0) is 16.4. The Kier molecular flexibility index (Phi) is 23.1. The van der Waals surface area contributed by atoms with Gasteiger partial charge in [0.25, 0.3) is 0 Å². The molecule has 0 unspecified atom stereocenters. The molecule has 0 saturated heterocycles. The molecule has 0 radical (unpaired) electrons. The van der Waals surface area contributed by atoms with Crippen LogP contribution in [-0.2, 0) is 9.59 Å². The molecule has 0 aliphatic rings. The smallest absolute Gasteiger partial charge is 0.119 e. The molecule has 0 fully saturated rings. The second-order valence-electron chi connectivity index (χ2n) is 4.20. The lowest BCUT2D eigenvalue weighted by atomic mass is 10.1. The third-order valence-corrected chi connectivity index (χ3v) is 2.22. The average Bonchev–Trinajstić information content (AvgIpc) is 2.51. The largest absolute Gasteiger partial charge is 0.494 e. The Balaban J connectivity index is -0.000000425. The lowest BCUT2D eigenvalue weighted by molar-refractivity contribution is -0.0987. The molecule has 0 saturated carbocycles. The van der Waals surface area contributed by atoms with Crippen molar-refractivity contribution in [2.45, 2.75) is 47.5 Å². The van der Waals surface area contributed by atoms with Crippen LogP contribution in [0.25, 0.3) is 0 Å². The fourth-order valence-electron chi connectivity index (χ4n) is 1.32. The Morgan fingerprint density at radius 3 is 1.85 bits per heavy atom. The molecule has 20 heavy (non-hydrogen) atoms. The molecule has 1 aromatic rings. The summed E-state index contributed by atoms with van der Waals surface area (Å²) in [4.78, 5) is 16.0. The monoisotopic (exact) mass is 282 g/mol. The van der Waals surface area contributed by atoms with E-state index in [4.69, 9.17) is 14.3 Å². The van der Waals surface area contributed by atoms with Gasteiger partial charge in [0.15, 0.2) is 0 Å². The normalized spacial score (nSPS) is 8.10. The van der Waals surface area contributed by atoms with Crippen molar-refractivity contribution in [1.82, 2.24) is 0 Å². The lowest BCUT2D eigenvalue weighted by Gasteiger charge is -2.07. The number of rotatable bonds is 5. The standard InChI is InChI=1S/C13H20O.C2H6.2CH2O/c1-11(2)5-4-10-14-13-8-6-12(3)7-9-13;3*1-2/h6-9,11H,4-5,10H2,1-3H3;1-2H3;2*1H2. The molecule has 0 aliphatic heterocycles. The summed E-state index contributed by atoms with van der Waals surface area (Å²) in [6, 6.07) is 8.23. The van der Waals surface area contributed by atoms with Crippen molar-refractivity contribution in [3.05, 3.63) is 29.8 Å². The minimum atomic E-state index is 0.775. The predicted molar refractivity (Wildman–Crippen MR) is 86.3 cm³/mol. The molecule has 0 atom stereocenters. The SMILES string of the molecule is C=O.C=O.CC.Cc1ccc(OCCCC(C)C)cc1. The van der Waals surface area contributed by atoms with E-state index in [1.165, 1.54) is 12.0 Å². The fraction of sp³-hybridized carbons (Fsp3) is 0.529. The van der Waals surface area contributed by atoms with Gasteiger partial charge < -0.3 is 14.3 Å². The maximum Gasteiger partial charge on any atom is 0.119 e. The third kappa shape index (κ3) is 16.4. The number of hydrogen-bond donors (Lipinski definition) is 0. The summed E-state index contributed by atoms with van der Waals surface area (Å²) in [6.07, 6.45) is 2.39. The first-order valence-electron chi connectivity index (χ1n) is 6.95. The molecule has 0 aromatic heterocycles. The highest BCUT2D eigenvalue weighted by Crippen LogP contribution is 2.12. The average molecular weight is 282 g/mol. The van der Waals surface area contributed by atoms with E-state index < -0.39 is 0 Å². The van der Waals surface area contributed by atoms with E-state index in [2.05, 4.69) is 32.9 Å². The van der Waals surface area contributed by atoms with Gasteiger partial charge in [0, 0.05) is 0 Å². The summed E-state index contributed by atoms with van der Waals surface area (Å²) in [7, 11) is 0. The van der Waals surface area contributed by atoms with Crippen molar-refractivity contribution >= 4 is 13.6 Å². The van der Waals surface area contributed by atoms with Gasteiger partial charge in [-0.05, 0) is 37.8 Å². The van der Waals surface area contributed by atoms with Crippen LogP contribution in [0, 0.1) is 12.8 Å². The van der Waals surface area contributed by atoms with Gasteiger partial charge in [-0.15, -0.1) is 0 Å². The molecule has 0 aliphatic carbocycles. The van der Waals surface area contributed by atoms with Crippen LogP contribution in [-0.4, -0.2) is 20.2 Å². The second kappa shape index (κ2) is 19.7. The van der Waals surface area contributed by atoms with E-state index in [1.807, 2.05) is 39.6 Å². The summed E-state index contributed by atoms with van der Waals surface area (Å²) in [6.45, 7) is 15.4. The van der Waals surface area contributed by atoms with Crippen molar-refractivity contribution < 1.29 is 14.3 Å². The van der Waals surface area contributed by atoms with E-state index in [0.29, 0.717) is 0 Å². The molecule has 3 heteroatoms. The Bertz CT molecular complexity index is 279. The topological polar surface area (TPSA) is 43.4 Å². The van der Waals surface area contributed by atoms with Crippen molar-refractivity contribution in [2.75, 3.05) is 6.61 Å². The molecule has 0 amide bonds. The Labute approximate surface area is 124 Å². The van der Waals surface area contributed by atoms with Crippen molar-refractivity contribution in [2.24, 2.45) is 5.92 Å². The minimum Gasteiger partial charge on any atom is -0.494 e. The number of ether oxygens (including phenoxy) is 1. The molecule has 3 nitrogen and oxygen atoms in total. The first kappa shape index (κ1) is 23.5. The highest BCUT2D eigenvalue weighted by molar-refractivity contribution is 5.26. The van der Waals surface area contributed by atoms with E-state index in [-0.39, 0.29) is 0 Å². The van der Waals surface area contributed by atoms with Gasteiger partial charge in [-0.3, -0.25) is 0 Å². The molecule has 0 spiro atoms. The molecule has 0 N–H and O–H groups in total. The molecular formula is C17H30O3. The molecule has 0 heterocycles. The Morgan fingerprint density at radius 2 is 1.45 bits per heavy atom. The van der Waals surface area contributed by atoms with E-state index in [1.54, 1.807) is 0 Å². The van der Waals surface area contributed by atoms with Gasteiger partial charge >= 0.3 is 0 Å². The Morgan fingerprint density at radius 1 is 1.00 bits per heavy atom. The van der Waals surface area contributed by atoms with Gasteiger partial charge in [-0.2, -0.15) is 0 Å². The van der Waals surface area contributed by atoms with Gasteiger partial charge in [0.2, 0.25) is 0 Å². The maximum atomic E-state index is 8.00. The van der Waals surface area contributed by atoms with Crippen molar-refractivity contribution in [3.63, 3.8) is 0 Å². The van der Waals surface area contributed by atoms with Crippen LogP contribution in [0.1, 0.15) is 46.1 Å². The van der Waals surface area contributed by atoms with Gasteiger partial charge in [-0.1, -0.05) is 45.4 Å². The molecule has 1 rings (SSSR count). The summed E-state index contributed by atoms with van der Waals surface area (Å²) in [5.41, 5.74) is 1.28. The van der Waals surface area contributed by atoms with Crippen LogP contribution >= 0.6 is 0 Å². The zero-order valence-electron chi connectivity index (χ0n) is 13.6. The molecule has 0 bridgehead atoms. The highest BCUT2D eigenvalue weighted by Gasteiger charge is 1.95. The van der Waals surface area contributed by atoms with Crippen LogP contribution in [0.4, 0.5) is 0 Å². The molecule has 1 aromatic carbocycles. The number of carbonyl (C=O) groups excluding carboxylic acids is 2. The zero-order valence-corrected chi connectivity index (χ0v) is 13.6. The quantitative estimate of drug-likeness (QED) is 0.748. The second-order valence-corrected chi connectivity index (χ2v) is 4.20. The summed E-state index contributed by atoms with van der Waals surface area (Å²) >= 11 is 0. The minimum absolute atomic E-state index is 0.775. The summed E-state index contributed by atoms with van der Waals surface area (Å²) < 4.78 is 5.61. The number of carbonyl (C=O) groups is 2. The molecule has 116 valence electrons. The number of aryl methyl sites for hydroxylation is 1. The summed E-state index contributed by atoms with van der Waals surface area (Å²) in [5, 5.41) is 0. The summed E-state index contributed by atoms with van der Waals surface area (Å²) in [5.74, 6) is 1.76. The lowest BCUT2D eigenvalue weighted by Crippen LogP contribution is -1.99. The Hall–Kier alpha value is -1.64. The van der Waals surface area contributed by atoms with Crippen molar-refractivity contribution in [1.29, 1.82) is 0 Å². The third-order valence-electron chi connectivity index (χ3n) is 2.22. The first-order valence-corrected chi connectivity index (χ1v) is 6.95. The fourth-order valence-corrected chi connectivity index (χ4v) is 1.32. The van der Waals surface area contributed by atoms with Crippen LogP contribution in [0.3, 0.4) is 0 Å². The van der Waals surface area contributed by atoms with Crippen LogP contribution in [0.5, 0.6) is 5.75 Å². The van der Waals surface area contributed by atoms with E-state index >= 15 is 0 Å². The highest BCUT2D eigenvalue weighted by atomic mass is 16.5. The predicted octanol–water partition coefficient (Wildman–Crippen LogP) is 4.47. The van der Waals surface area contributed by atoms with Crippen LogP contribution in [0.2, 0.25) is 0 Å². The van der Waals surface area contributed by atoms with Crippen molar-refractivity contribution in [3.8, 4) is 5.75 Å². The number of hydrogen-bond acceptors (Lipinski definition) is 3. The van der Waals surface area contributed by atoms with E-state index in [9.17, 15) is 0 Å². The van der Waals surface area contributed by atoms with Crippen LogP contribution in [0.15, 0.2) is 24.3 Å². The first-order chi connectivity index (χ1) is 9.68. The number of benzene rings is 1.